The lowest BCUT2D eigenvalue weighted by molar-refractivity contribution is -0.119. The van der Waals surface area contributed by atoms with E-state index in [-0.39, 0.29) is 29.6 Å². The fourth-order valence-corrected chi connectivity index (χ4v) is 4.53. The summed E-state index contributed by atoms with van der Waals surface area (Å²) in [6.45, 7) is 10.4. The number of amides is 2. The summed E-state index contributed by atoms with van der Waals surface area (Å²) in [7, 11) is 4.85. The van der Waals surface area contributed by atoms with Crippen molar-refractivity contribution < 1.29 is 23.8 Å². The van der Waals surface area contributed by atoms with Crippen LogP contribution in [0.3, 0.4) is 0 Å². The zero-order chi connectivity index (χ0) is 27.6. The highest BCUT2D eigenvalue weighted by Gasteiger charge is 2.26. The highest BCUT2D eigenvalue weighted by atomic mass is 16.5. The highest BCUT2D eigenvalue weighted by Crippen LogP contribution is 2.43. The number of carbonyl (C=O) groups is 2. The third kappa shape index (κ3) is 8.69. The molecule has 0 aliphatic carbocycles. The molecule has 0 saturated carbocycles. The quantitative estimate of drug-likeness (QED) is 0.306. The Balaban J connectivity index is 2.41. The summed E-state index contributed by atoms with van der Waals surface area (Å²) in [5, 5.41) is 6.00. The molecule has 1 unspecified atom stereocenters. The molecule has 0 aromatic heterocycles. The first-order valence-electron chi connectivity index (χ1n) is 13.0. The summed E-state index contributed by atoms with van der Waals surface area (Å²) in [4.78, 5) is 24.9. The van der Waals surface area contributed by atoms with E-state index in [1.165, 1.54) is 6.92 Å². The van der Waals surface area contributed by atoms with Gasteiger partial charge in [-0.15, -0.1) is 0 Å². The number of methoxy groups -OCH3 is 3. The maximum atomic E-state index is 13.5. The lowest BCUT2D eigenvalue weighted by Crippen LogP contribution is -2.22. The number of anilines is 1. The van der Waals surface area contributed by atoms with Crippen LogP contribution >= 0.6 is 0 Å². The molecule has 1 atom stereocenters. The van der Waals surface area contributed by atoms with Gasteiger partial charge in [0.2, 0.25) is 11.8 Å². The monoisotopic (exact) mass is 512 g/mol. The van der Waals surface area contributed by atoms with Crippen LogP contribution < -0.4 is 24.8 Å². The van der Waals surface area contributed by atoms with Crippen LogP contribution in [0, 0.1) is 0 Å². The minimum atomic E-state index is -0.169. The van der Waals surface area contributed by atoms with Gasteiger partial charge in [0.1, 0.15) is 17.2 Å². The molecule has 204 valence electrons. The number of hydrogen-bond acceptors (Lipinski definition) is 5. The van der Waals surface area contributed by atoms with Crippen molar-refractivity contribution in [2.24, 2.45) is 0 Å². The smallest absolute Gasteiger partial charge is 0.224 e. The van der Waals surface area contributed by atoms with E-state index < -0.39 is 0 Å². The van der Waals surface area contributed by atoms with E-state index in [1.54, 1.807) is 21.3 Å². The van der Waals surface area contributed by atoms with E-state index >= 15 is 0 Å². The van der Waals surface area contributed by atoms with Crippen LogP contribution in [0.4, 0.5) is 5.69 Å². The van der Waals surface area contributed by atoms with E-state index in [9.17, 15) is 9.59 Å². The summed E-state index contributed by atoms with van der Waals surface area (Å²) >= 11 is 0. The van der Waals surface area contributed by atoms with Crippen molar-refractivity contribution in [2.75, 3.05) is 26.6 Å². The summed E-state index contributed by atoms with van der Waals surface area (Å²) < 4.78 is 16.9. The SMILES string of the molecule is CCCCCC(CC(=O)Nc1cc(CNC(C)=O)ccc1C(C)(C)C)c1c(OC)cc(OC)cc1OC. The Bertz CT molecular complexity index is 1030. The number of benzene rings is 2. The van der Waals surface area contributed by atoms with Gasteiger partial charge < -0.3 is 24.8 Å². The standard InChI is InChI=1S/C30H44N2O5/c1-9-10-11-12-22(29-26(36-7)17-23(35-6)18-27(29)37-8)16-28(34)32-25-15-21(19-31-20(2)33)13-14-24(25)30(3,4)5/h13-15,17-18,22H,9-12,16,19H2,1-8H3,(H,31,33)(H,32,34). The second-order valence-corrected chi connectivity index (χ2v) is 10.4. The van der Waals surface area contributed by atoms with Crippen LogP contribution in [0.15, 0.2) is 30.3 Å². The van der Waals surface area contributed by atoms with Crippen molar-refractivity contribution in [1.82, 2.24) is 5.32 Å². The third-order valence-electron chi connectivity index (χ3n) is 6.46. The molecule has 7 heteroatoms. The van der Waals surface area contributed by atoms with E-state index in [1.807, 2.05) is 30.3 Å². The molecular weight excluding hydrogens is 468 g/mol. The van der Waals surface area contributed by atoms with Gasteiger partial charge in [0.15, 0.2) is 0 Å². The maximum absolute atomic E-state index is 13.5. The molecular formula is C30H44N2O5. The molecule has 2 amide bonds. The lowest BCUT2D eigenvalue weighted by atomic mass is 9.84. The van der Waals surface area contributed by atoms with Crippen LogP contribution in [0.5, 0.6) is 17.2 Å². The first kappa shape index (κ1) is 30.0. The van der Waals surface area contributed by atoms with Crippen molar-refractivity contribution in [3.8, 4) is 17.2 Å². The number of unbranched alkanes of at least 4 members (excludes halogenated alkanes) is 2. The molecule has 2 N–H and O–H groups in total. The van der Waals surface area contributed by atoms with Crippen molar-refractivity contribution in [3.63, 3.8) is 0 Å². The zero-order valence-electron chi connectivity index (χ0n) is 23.7. The molecule has 0 fully saturated rings. The number of nitrogens with one attached hydrogen (secondary N) is 2. The highest BCUT2D eigenvalue weighted by molar-refractivity contribution is 5.92. The summed E-state index contributed by atoms with van der Waals surface area (Å²) in [5.41, 5.74) is 3.44. The molecule has 7 nitrogen and oxygen atoms in total. The van der Waals surface area contributed by atoms with Gasteiger partial charge in [0, 0.05) is 43.3 Å². The van der Waals surface area contributed by atoms with Crippen molar-refractivity contribution >= 4 is 17.5 Å². The molecule has 2 aromatic carbocycles. The second-order valence-electron chi connectivity index (χ2n) is 10.4. The Kier molecular flexibility index (Phi) is 11.3. The second kappa shape index (κ2) is 13.9. The Labute approximate surface area is 222 Å². The van der Waals surface area contributed by atoms with Gasteiger partial charge in [-0.2, -0.15) is 0 Å². The fourth-order valence-electron chi connectivity index (χ4n) is 4.53. The van der Waals surface area contributed by atoms with E-state index in [2.05, 4.69) is 38.3 Å². The Morgan fingerprint density at radius 1 is 0.946 bits per heavy atom. The van der Waals surface area contributed by atoms with Gasteiger partial charge in [0.25, 0.3) is 0 Å². The predicted molar refractivity (Wildman–Crippen MR) is 149 cm³/mol. The lowest BCUT2D eigenvalue weighted by Gasteiger charge is -2.25. The van der Waals surface area contributed by atoms with Crippen LogP contribution in [-0.2, 0) is 21.5 Å². The van der Waals surface area contributed by atoms with Crippen LogP contribution in [-0.4, -0.2) is 33.1 Å². The Morgan fingerprint density at radius 3 is 2.11 bits per heavy atom. The van der Waals surface area contributed by atoms with Crippen molar-refractivity contribution in [1.29, 1.82) is 0 Å². The molecule has 0 radical (unpaired) electrons. The summed E-state index contributed by atoms with van der Waals surface area (Å²) in [6, 6.07) is 9.65. The molecule has 0 heterocycles. The van der Waals surface area contributed by atoms with Gasteiger partial charge >= 0.3 is 0 Å². The minimum Gasteiger partial charge on any atom is -0.496 e. The molecule has 0 saturated heterocycles. The van der Waals surface area contributed by atoms with Crippen molar-refractivity contribution in [3.05, 3.63) is 47.0 Å². The number of carbonyl (C=O) groups excluding carboxylic acids is 2. The van der Waals surface area contributed by atoms with Crippen LogP contribution in [0.25, 0.3) is 0 Å². The van der Waals surface area contributed by atoms with E-state index in [4.69, 9.17) is 14.2 Å². The molecule has 0 aliphatic rings. The number of hydrogen-bond donors (Lipinski definition) is 2. The normalized spacial score (nSPS) is 12.0. The van der Waals surface area contributed by atoms with Gasteiger partial charge in [0.05, 0.1) is 21.3 Å². The number of rotatable bonds is 13. The maximum Gasteiger partial charge on any atom is 0.224 e. The molecule has 0 bridgehead atoms. The molecule has 2 rings (SSSR count). The third-order valence-corrected chi connectivity index (χ3v) is 6.46. The van der Waals surface area contributed by atoms with Gasteiger partial charge in [-0.3, -0.25) is 9.59 Å². The average molecular weight is 513 g/mol. The first-order chi connectivity index (χ1) is 17.5. The molecule has 37 heavy (non-hydrogen) atoms. The average Bonchev–Trinajstić information content (AvgIpc) is 2.85. The van der Waals surface area contributed by atoms with E-state index in [0.717, 1.165) is 48.1 Å². The van der Waals surface area contributed by atoms with Gasteiger partial charge in [-0.25, -0.2) is 0 Å². The molecule has 0 spiro atoms. The largest absolute Gasteiger partial charge is 0.496 e. The Hall–Kier alpha value is -3.22. The summed E-state index contributed by atoms with van der Waals surface area (Å²) in [5.74, 6) is 1.67. The van der Waals surface area contributed by atoms with Crippen LogP contribution in [0.1, 0.15) is 89.3 Å². The molecule has 2 aromatic rings. The van der Waals surface area contributed by atoms with E-state index in [0.29, 0.717) is 23.8 Å². The zero-order valence-corrected chi connectivity index (χ0v) is 23.7. The minimum absolute atomic E-state index is 0.0800. The van der Waals surface area contributed by atoms with Gasteiger partial charge in [-0.1, -0.05) is 59.1 Å². The number of ether oxygens (including phenoxy) is 3. The topological polar surface area (TPSA) is 85.9 Å². The predicted octanol–water partition coefficient (Wildman–Crippen LogP) is 6.34. The van der Waals surface area contributed by atoms with Gasteiger partial charge in [-0.05, 0) is 34.9 Å². The van der Waals surface area contributed by atoms with Crippen molar-refractivity contribution in [2.45, 2.75) is 84.6 Å². The Morgan fingerprint density at radius 2 is 1.59 bits per heavy atom. The fraction of sp³-hybridized carbons (Fsp3) is 0.533. The molecule has 0 aliphatic heterocycles. The van der Waals surface area contributed by atoms with Crippen LogP contribution in [0.2, 0.25) is 0 Å². The summed E-state index contributed by atoms with van der Waals surface area (Å²) in [6.07, 6.45) is 4.27. The first-order valence-corrected chi connectivity index (χ1v) is 13.0.